The second kappa shape index (κ2) is 6.93. The molecule has 27 heavy (non-hydrogen) atoms. The van der Waals surface area contributed by atoms with Crippen LogP contribution in [0.4, 0.5) is 0 Å². The van der Waals surface area contributed by atoms with E-state index in [1.54, 1.807) is 57.8 Å². The molecule has 0 unspecified atom stereocenters. The second-order valence-electron chi connectivity index (χ2n) is 6.20. The van der Waals surface area contributed by atoms with Crippen molar-refractivity contribution in [1.29, 1.82) is 0 Å². The highest BCUT2D eigenvalue weighted by molar-refractivity contribution is 7.89. The van der Waals surface area contributed by atoms with E-state index in [1.807, 2.05) is 0 Å². The Labute approximate surface area is 157 Å². The van der Waals surface area contributed by atoms with Crippen molar-refractivity contribution in [3.05, 3.63) is 54.5 Å². The van der Waals surface area contributed by atoms with Crippen molar-refractivity contribution in [1.82, 2.24) is 19.7 Å². The largest absolute Gasteiger partial charge is 0.343 e. The monoisotopic (exact) mass is 385 g/mol. The van der Waals surface area contributed by atoms with Crippen molar-refractivity contribution in [3.63, 3.8) is 0 Å². The molecule has 0 aliphatic rings. The Morgan fingerprint density at radius 3 is 2.15 bits per heavy atom. The number of aromatic nitrogens is 3. The molecule has 3 rings (SSSR count). The number of hydrogen-bond acceptors (Lipinski definition) is 5. The molecule has 1 amide bonds. The number of pyridine rings is 1. The summed E-state index contributed by atoms with van der Waals surface area (Å²) >= 11 is 0. The van der Waals surface area contributed by atoms with Crippen LogP contribution in [0.3, 0.4) is 0 Å². The van der Waals surface area contributed by atoms with Gasteiger partial charge < -0.3 is 4.90 Å². The van der Waals surface area contributed by atoms with Crippen molar-refractivity contribution in [2.75, 3.05) is 14.1 Å². The van der Waals surface area contributed by atoms with Gasteiger partial charge in [-0.2, -0.15) is 5.10 Å². The van der Waals surface area contributed by atoms with Crippen LogP contribution in [0.5, 0.6) is 0 Å². The fraction of sp³-hybridized carbons (Fsp3) is 0.167. The third-order valence-electron chi connectivity index (χ3n) is 4.08. The Hall–Kier alpha value is -3.04. The van der Waals surface area contributed by atoms with Crippen molar-refractivity contribution in [3.8, 4) is 22.4 Å². The van der Waals surface area contributed by atoms with Crippen LogP contribution in [0.1, 0.15) is 10.5 Å². The van der Waals surface area contributed by atoms with Crippen LogP contribution in [0, 0.1) is 0 Å². The van der Waals surface area contributed by atoms with Gasteiger partial charge in [0.05, 0.1) is 4.90 Å². The van der Waals surface area contributed by atoms with Crippen LogP contribution in [0.2, 0.25) is 0 Å². The highest BCUT2D eigenvalue weighted by Gasteiger charge is 2.25. The summed E-state index contributed by atoms with van der Waals surface area (Å²) in [4.78, 5) is 18.3. The Balaban J connectivity index is 2.27. The molecule has 3 aromatic rings. The predicted molar refractivity (Wildman–Crippen MR) is 101 cm³/mol. The number of rotatable bonds is 4. The molecule has 0 saturated carbocycles. The number of nitrogens with zero attached hydrogens (tertiary/aromatic N) is 4. The fourth-order valence-electron chi connectivity index (χ4n) is 2.78. The Morgan fingerprint density at radius 2 is 1.63 bits per heavy atom. The average Bonchev–Trinajstić information content (AvgIpc) is 2.98. The van der Waals surface area contributed by atoms with Crippen molar-refractivity contribution >= 4 is 15.9 Å². The number of aryl methyl sites for hydroxylation is 1. The van der Waals surface area contributed by atoms with Crippen LogP contribution < -0.4 is 5.14 Å². The zero-order valence-corrected chi connectivity index (χ0v) is 15.9. The molecule has 2 N–H and O–H groups in total. The summed E-state index contributed by atoms with van der Waals surface area (Å²) < 4.78 is 24.6. The van der Waals surface area contributed by atoms with Crippen molar-refractivity contribution in [2.24, 2.45) is 12.2 Å². The Kier molecular flexibility index (Phi) is 4.81. The van der Waals surface area contributed by atoms with Gasteiger partial charge >= 0.3 is 0 Å². The van der Waals surface area contributed by atoms with Crippen LogP contribution >= 0.6 is 0 Å². The zero-order chi connectivity index (χ0) is 19.8. The Morgan fingerprint density at radius 1 is 1.04 bits per heavy atom. The van der Waals surface area contributed by atoms with Gasteiger partial charge in [0.1, 0.15) is 11.4 Å². The lowest BCUT2D eigenvalue weighted by Crippen LogP contribution is -2.24. The number of amides is 1. The van der Waals surface area contributed by atoms with E-state index in [1.165, 1.54) is 21.7 Å². The lowest BCUT2D eigenvalue weighted by molar-refractivity contribution is 0.0817. The quantitative estimate of drug-likeness (QED) is 0.731. The van der Waals surface area contributed by atoms with Gasteiger partial charge in [-0.25, -0.2) is 13.6 Å². The molecule has 0 spiro atoms. The van der Waals surface area contributed by atoms with Crippen LogP contribution in [0.25, 0.3) is 22.4 Å². The van der Waals surface area contributed by atoms with Crippen molar-refractivity contribution < 1.29 is 13.2 Å². The highest BCUT2D eigenvalue weighted by Crippen LogP contribution is 2.35. The number of sulfonamides is 1. The summed E-state index contributed by atoms with van der Waals surface area (Å²) in [5.41, 5.74) is 3.07. The van der Waals surface area contributed by atoms with E-state index in [2.05, 4.69) is 10.1 Å². The van der Waals surface area contributed by atoms with Crippen LogP contribution in [-0.2, 0) is 17.1 Å². The van der Waals surface area contributed by atoms with Gasteiger partial charge in [-0.3, -0.25) is 14.5 Å². The number of carbonyl (C=O) groups excluding carboxylic acids is 1. The second-order valence-corrected chi connectivity index (χ2v) is 7.76. The maximum absolute atomic E-state index is 12.8. The lowest BCUT2D eigenvalue weighted by Gasteiger charge is -2.13. The fourth-order valence-corrected chi connectivity index (χ4v) is 3.29. The first-order chi connectivity index (χ1) is 12.7. The molecule has 0 radical (unpaired) electrons. The molecular weight excluding hydrogens is 366 g/mol. The maximum atomic E-state index is 12.8. The molecule has 2 aromatic heterocycles. The number of nitrogens with two attached hydrogens (primary N) is 1. The van der Waals surface area contributed by atoms with Gasteiger partial charge in [-0.05, 0) is 29.8 Å². The average molecular weight is 385 g/mol. The van der Waals surface area contributed by atoms with E-state index in [4.69, 9.17) is 5.14 Å². The van der Waals surface area contributed by atoms with Gasteiger partial charge in [0.25, 0.3) is 5.91 Å². The molecule has 0 fully saturated rings. The molecular formula is C18H19N5O3S. The summed E-state index contributed by atoms with van der Waals surface area (Å²) in [6, 6.07) is 9.67. The highest BCUT2D eigenvalue weighted by atomic mass is 32.2. The first kappa shape index (κ1) is 18.7. The smallest absolute Gasteiger partial charge is 0.272 e. The number of hydrogen-bond donors (Lipinski definition) is 1. The van der Waals surface area contributed by atoms with Gasteiger partial charge in [0.2, 0.25) is 10.0 Å². The van der Waals surface area contributed by atoms with Gasteiger partial charge in [-0.1, -0.05) is 12.1 Å². The molecule has 1 aromatic carbocycles. The number of carbonyl (C=O) groups is 1. The molecule has 0 aliphatic heterocycles. The van der Waals surface area contributed by atoms with E-state index in [0.29, 0.717) is 22.5 Å². The van der Waals surface area contributed by atoms with Gasteiger partial charge in [0, 0.05) is 44.7 Å². The minimum Gasteiger partial charge on any atom is -0.343 e. The number of benzene rings is 1. The summed E-state index contributed by atoms with van der Waals surface area (Å²) in [5, 5.41) is 9.71. The predicted octanol–water partition coefficient (Wildman–Crippen LogP) is 1.50. The third kappa shape index (κ3) is 3.60. The molecule has 0 saturated heterocycles. The Bertz CT molecular complexity index is 1090. The summed E-state index contributed by atoms with van der Waals surface area (Å²) in [5.74, 6) is -0.212. The first-order valence-electron chi connectivity index (χ1n) is 8.02. The minimum absolute atomic E-state index is 0.00101. The van der Waals surface area contributed by atoms with Crippen LogP contribution in [0.15, 0.2) is 53.7 Å². The van der Waals surface area contributed by atoms with E-state index < -0.39 is 10.0 Å². The van der Waals surface area contributed by atoms with Crippen molar-refractivity contribution in [2.45, 2.75) is 4.90 Å². The summed E-state index contributed by atoms with van der Waals surface area (Å²) in [6.07, 6.45) is 3.29. The molecule has 0 aliphatic carbocycles. The molecule has 0 atom stereocenters. The molecule has 140 valence electrons. The normalized spacial score (nSPS) is 11.4. The molecule has 0 bridgehead atoms. The topological polar surface area (TPSA) is 111 Å². The standard InChI is InChI=1S/C18H19N5O3S/c1-22(2)18(24)17-15(12-4-6-14(7-5-12)27(19,25)26)16(21-23(17)3)13-8-10-20-11-9-13/h4-11H,1-3H3,(H2,19,25,26). The third-order valence-corrected chi connectivity index (χ3v) is 5.01. The van der Waals surface area contributed by atoms with E-state index in [0.717, 1.165) is 5.56 Å². The van der Waals surface area contributed by atoms with Gasteiger partial charge in [-0.15, -0.1) is 0 Å². The molecule has 2 heterocycles. The van der Waals surface area contributed by atoms with Crippen LogP contribution in [-0.4, -0.2) is 48.1 Å². The molecule has 9 heteroatoms. The molecule has 8 nitrogen and oxygen atoms in total. The lowest BCUT2D eigenvalue weighted by atomic mass is 9.99. The first-order valence-corrected chi connectivity index (χ1v) is 9.57. The number of primary sulfonamides is 1. The summed E-state index contributed by atoms with van der Waals surface area (Å²) in [7, 11) is 1.22. The maximum Gasteiger partial charge on any atom is 0.272 e. The van der Waals surface area contributed by atoms with Gasteiger partial charge in [0.15, 0.2) is 0 Å². The van der Waals surface area contributed by atoms with E-state index in [9.17, 15) is 13.2 Å². The van der Waals surface area contributed by atoms with E-state index in [-0.39, 0.29) is 10.8 Å². The SMILES string of the molecule is CN(C)C(=O)c1c(-c2ccc(S(N)(=O)=O)cc2)c(-c2ccncc2)nn1C. The summed E-state index contributed by atoms with van der Waals surface area (Å²) in [6.45, 7) is 0. The zero-order valence-electron chi connectivity index (χ0n) is 15.1. The van der Waals surface area contributed by atoms with E-state index >= 15 is 0 Å². The minimum atomic E-state index is -3.80.